The summed E-state index contributed by atoms with van der Waals surface area (Å²) in [7, 11) is -7.88. The van der Waals surface area contributed by atoms with E-state index in [2.05, 4.69) is 4.72 Å². The highest BCUT2D eigenvalue weighted by Gasteiger charge is 2.30. The van der Waals surface area contributed by atoms with Gasteiger partial charge in [0.05, 0.1) is 16.4 Å². The maximum Gasteiger partial charge on any atom is 0.321 e. The summed E-state index contributed by atoms with van der Waals surface area (Å²) in [5.74, 6) is -1.38. The van der Waals surface area contributed by atoms with Gasteiger partial charge in [-0.3, -0.25) is 4.79 Å². The summed E-state index contributed by atoms with van der Waals surface area (Å²) in [5, 5.41) is 10.1. The highest BCUT2D eigenvalue weighted by Crippen LogP contribution is 2.35. The summed E-state index contributed by atoms with van der Waals surface area (Å²) < 4.78 is 59.4. The lowest BCUT2D eigenvalue weighted by atomic mass is 9.96. The first-order valence-corrected chi connectivity index (χ1v) is 14.0. The Hall–Kier alpha value is -2.69. The number of carboxylic acid groups (broad SMARTS) is 1. The van der Waals surface area contributed by atoms with Crippen LogP contribution in [0.2, 0.25) is 0 Å². The molecular formula is C23H25NO7S2. The van der Waals surface area contributed by atoms with E-state index in [9.17, 15) is 26.7 Å². The van der Waals surface area contributed by atoms with Crippen LogP contribution >= 0.6 is 0 Å². The molecule has 0 radical (unpaired) electrons. The van der Waals surface area contributed by atoms with Gasteiger partial charge in [0, 0.05) is 17.4 Å². The Balaban J connectivity index is 1.56. The van der Waals surface area contributed by atoms with Crippen molar-refractivity contribution in [2.24, 2.45) is 0 Å². The number of sulfone groups is 1. The van der Waals surface area contributed by atoms with Crippen molar-refractivity contribution < 1.29 is 31.2 Å². The molecule has 1 aliphatic carbocycles. The van der Waals surface area contributed by atoms with E-state index >= 15 is 0 Å². The van der Waals surface area contributed by atoms with Crippen LogP contribution in [0.25, 0.3) is 11.0 Å². The monoisotopic (exact) mass is 491 g/mol. The van der Waals surface area contributed by atoms with Crippen LogP contribution in [0.5, 0.6) is 0 Å². The first-order chi connectivity index (χ1) is 15.7. The Morgan fingerprint density at radius 1 is 1.00 bits per heavy atom. The lowest BCUT2D eigenvalue weighted by molar-refractivity contribution is -0.139. The average molecular weight is 492 g/mol. The molecule has 0 spiro atoms. The second-order valence-electron chi connectivity index (χ2n) is 8.22. The molecule has 0 amide bonds. The van der Waals surface area contributed by atoms with E-state index in [4.69, 9.17) is 4.42 Å². The Morgan fingerprint density at radius 2 is 1.73 bits per heavy atom. The minimum atomic E-state index is -4.25. The van der Waals surface area contributed by atoms with Gasteiger partial charge in [-0.1, -0.05) is 36.4 Å². The van der Waals surface area contributed by atoms with Crippen molar-refractivity contribution in [2.75, 3.05) is 5.75 Å². The number of aryl methyl sites for hydroxylation is 2. The number of fused-ring (bicyclic) bond motifs is 3. The summed E-state index contributed by atoms with van der Waals surface area (Å²) in [6.45, 7) is 0. The van der Waals surface area contributed by atoms with Crippen LogP contribution in [0, 0.1) is 0 Å². The summed E-state index contributed by atoms with van der Waals surface area (Å²) in [4.78, 5) is 11.7. The van der Waals surface area contributed by atoms with E-state index in [1.165, 1.54) is 6.07 Å². The number of carboxylic acids is 1. The van der Waals surface area contributed by atoms with Crippen LogP contribution in [0.1, 0.15) is 36.1 Å². The summed E-state index contributed by atoms with van der Waals surface area (Å²) >= 11 is 0. The molecule has 2 N–H and O–H groups in total. The Morgan fingerprint density at radius 3 is 2.45 bits per heavy atom. The fraction of sp³-hybridized carbons (Fsp3) is 0.348. The highest BCUT2D eigenvalue weighted by atomic mass is 32.2. The number of aliphatic carboxylic acids is 1. The number of benzene rings is 2. The molecule has 0 saturated heterocycles. The zero-order chi connectivity index (χ0) is 23.6. The number of furan rings is 1. The van der Waals surface area contributed by atoms with Crippen LogP contribution in [-0.2, 0) is 43.2 Å². The van der Waals surface area contributed by atoms with Gasteiger partial charge in [0.15, 0.2) is 9.84 Å². The molecular weight excluding hydrogens is 466 g/mol. The van der Waals surface area contributed by atoms with Gasteiger partial charge in [-0.25, -0.2) is 16.8 Å². The minimum absolute atomic E-state index is 0.0507. The molecule has 0 bridgehead atoms. The SMILES string of the molecule is O=C(O)[C@@H](CCS(=O)(=O)Cc1ccccc1)NS(=O)(=O)c1cccc2oc3c(c12)CCCC3. The third kappa shape index (κ3) is 5.29. The topological polar surface area (TPSA) is 131 Å². The van der Waals surface area contributed by atoms with E-state index in [0.717, 1.165) is 30.6 Å². The molecule has 3 aromatic rings. The highest BCUT2D eigenvalue weighted by molar-refractivity contribution is 7.90. The molecule has 0 unspecified atom stereocenters. The van der Waals surface area contributed by atoms with E-state index in [0.29, 0.717) is 23.0 Å². The van der Waals surface area contributed by atoms with E-state index in [1.54, 1.807) is 42.5 Å². The van der Waals surface area contributed by atoms with Crippen LogP contribution in [0.4, 0.5) is 0 Å². The largest absolute Gasteiger partial charge is 0.480 e. The fourth-order valence-corrected chi connectivity index (χ4v) is 7.10. The van der Waals surface area contributed by atoms with Gasteiger partial charge in [0.1, 0.15) is 17.4 Å². The van der Waals surface area contributed by atoms with Gasteiger partial charge >= 0.3 is 5.97 Å². The number of hydrogen-bond acceptors (Lipinski definition) is 6. The third-order valence-corrected chi connectivity index (χ3v) is 8.92. The molecule has 176 valence electrons. The lowest BCUT2D eigenvalue weighted by Crippen LogP contribution is -2.42. The number of hydrogen-bond donors (Lipinski definition) is 2. The van der Waals surface area contributed by atoms with Crippen LogP contribution in [0.3, 0.4) is 0 Å². The Kier molecular flexibility index (Phi) is 6.60. The van der Waals surface area contributed by atoms with Crippen molar-refractivity contribution >= 4 is 36.8 Å². The summed E-state index contributed by atoms with van der Waals surface area (Å²) in [5.41, 5.74) is 1.87. The number of nitrogens with one attached hydrogen (secondary N) is 1. The number of sulfonamides is 1. The summed E-state index contributed by atoms with van der Waals surface area (Å²) in [6.07, 6.45) is 2.91. The first kappa shape index (κ1) is 23.5. The zero-order valence-electron chi connectivity index (χ0n) is 17.9. The normalized spacial score (nSPS) is 15.3. The van der Waals surface area contributed by atoms with Gasteiger partial charge in [-0.05, 0) is 43.4 Å². The van der Waals surface area contributed by atoms with Crippen molar-refractivity contribution in [3.63, 3.8) is 0 Å². The molecule has 2 aromatic carbocycles. The van der Waals surface area contributed by atoms with Crippen molar-refractivity contribution in [2.45, 2.75) is 48.8 Å². The maximum atomic E-state index is 13.2. The smallest absolute Gasteiger partial charge is 0.321 e. The van der Waals surface area contributed by atoms with Crippen LogP contribution in [0.15, 0.2) is 57.8 Å². The quantitative estimate of drug-likeness (QED) is 0.470. The second kappa shape index (κ2) is 9.28. The molecule has 8 nitrogen and oxygen atoms in total. The van der Waals surface area contributed by atoms with E-state index in [-0.39, 0.29) is 17.1 Å². The molecule has 0 fully saturated rings. The van der Waals surface area contributed by atoms with Crippen molar-refractivity contribution in [3.05, 3.63) is 65.4 Å². The molecule has 10 heteroatoms. The van der Waals surface area contributed by atoms with E-state index < -0.39 is 37.6 Å². The van der Waals surface area contributed by atoms with E-state index in [1.807, 2.05) is 0 Å². The lowest BCUT2D eigenvalue weighted by Gasteiger charge is -2.16. The number of rotatable bonds is 9. The van der Waals surface area contributed by atoms with Crippen molar-refractivity contribution in [1.29, 1.82) is 0 Å². The zero-order valence-corrected chi connectivity index (χ0v) is 19.5. The molecule has 1 aliphatic rings. The van der Waals surface area contributed by atoms with Crippen molar-refractivity contribution in [1.82, 2.24) is 4.72 Å². The van der Waals surface area contributed by atoms with Gasteiger partial charge in [0.25, 0.3) is 0 Å². The fourth-order valence-electron chi connectivity index (χ4n) is 4.19. The standard InChI is InChI=1S/C23H25NO7S2/c25-23(26)18(13-14-32(27,28)15-16-7-2-1-3-8-16)24-33(29,30)21-12-6-11-20-22(21)17-9-4-5-10-19(17)31-20/h1-3,6-8,11-12,18,24H,4-5,9-10,13-15H2,(H,25,26)/t18-/m1/s1. The molecule has 4 rings (SSSR count). The van der Waals surface area contributed by atoms with Gasteiger partial charge in [-0.15, -0.1) is 0 Å². The molecule has 0 saturated carbocycles. The Labute approximate surface area is 192 Å². The Bertz CT molecular complexity index is 1380. The predicted octanol–water partition coefficient (Wildman–Crippen LogP) is 3.05. The second-order valence-corrected chi connectivity index (χ2v) is 12.1. The minimum Gasteiger partial charge on any atom is -0.480 e. The predicted molar refractivity (Wildman–Crippen MR) is 123 cm³/mol. The molecule has 1 atom stereocenters. The van der Waals surface area contributed by atoms with Crippen LogP contribution < -0.4 is 4.72 Å². The van der Waals surface area contributed by atoms with Gasteiger partial charge in [-0.2, -0.15) is 4.72 Å². The average Bonchev–Trinajstić information content (AvgIpc) is 3.15. The molecule has 0 aliphatic heterocycles. The molecule has 1 heterocycles. The van der Waals surface area contributed by atoms with Gasteiger partial charge < -0.3 is 9.52 Å². The molecule has 1 aromatic heterocycles. The molecule has 33 heavy (non-hydrogen) atoms. The maximum absolute atomic E-state index is 13.2. The first-order valence-electron chi connectivity index (χ1n) is 10.7. The third-order valence-electron chi connectivity index (χ3n) is 5.77. The van der Waals surface area contributed by atoms with Gasteiger partial charge in [0.2, 0.25) is 10.0 Å². The number of carbonyl (C=O) groups is 1. The van der Waals surface area contributed by atoms with Crippen LogP contribution in [-0.4, -0.2) is 39.7 Å². The van der Waals surface area contributed by atoms with Crippen molar-refractivity contribution in [3.8, 4) is 0 Å². The summed E-state index contributed by atoms with van der Waals surface area (Å²) in [6, 6.07) is 11.6.